The lowest BCUT2D eigenvalue weighted by Gasteiger charge is -2.34. The quantitative estimate of drug-likeness (QED) is 0.858. The summed E-state index contributed by atoms with van der Waals surface area (Å²) in [6.07, 6.45) is -0.685. The molecule has 1 N–H and O–H groups in total. The SMILES string of the molecule is CCCN1C(=O)O[C@H](c2ccc(OC)cc2)[C@]1(O)c1ccc(OC)cc1. The zero-order chi connectivity index (χ0) is 18.7. The molecule has 0 unspecified atom stereocenters. The van der Waals surface area contributed by atoms with Gasteiger partial charge in [-0.1, -0.05) is 31.2 Å². The lowest BCUT2D eigenvalue weighted by Crippen LogP contribution is -2.46. The van der Waals surface area contributed by atoms with Gasteiger partial charge in [-0.25, -0.2) is 4.79 Å². The number of carbonyl (C=O) groups excluding carboxylic acids is 1. The van der Waals surface area contributed by atoms with Crippen molar-refractivity contribution in [3.63, 3.8) is 0 Å². The van der Waals surface area contributed by atoms with Crippen LogP contribution in [0, 0.1) is 0 Å². The first kappa shape index (κ1) is 18.1. The van der Waals surface area contributed by atoms with Crippen LogP contribution in [0.4, 0.5) is 4.79 Å². The van der Waals surface area contributed by atoms with E-state index < -0.39 is 17.9 Å². The molecule has 2 aromatic rings. The monoisotopic (exact) mass is 357 g/mol. The molecule has 0 radical (unpaired) electrons. The van der Waals surface area contributed by atoms with Gasteiger partial charge < -0.3 is 19.3 Å². The Hall–Kier alpha value is -2.73. The zero-order valence-corrected chi connectivity index (χ0v) is 15.1. The van der Waals surface area contributed by atoms with Crippen LogP contribution in [0.3, 0.4) is 0 Å². The summed E-state index contributed by atoms with van der Waals surface area (Å²) in [6, 6.07) is 14.2. The lowest BCUT2D eigenvalue weighted by molar-refractivity contribution is -0.109. The minimum Gasteiger partial charge on any atom is -0.497 e. The van der Waals surface area contributed by atoms with E-state index in [9.17, 15) is 9.90 Å². The predicted molar refractivity (Wildman–Crippen MR) is 96.1 cm³/mol. The van der Waals surface area contributed by atoms with Crippen molar-refractivity contribution in [1.82, 2.24) is 4.90 Å². The Bertz CT molecular complexity index is 759. The van der Waals surface area contributed by atoms with E-state index in [1.165, 1.54) is 4.90 Å². The van der Waals surface area contributed by atoms with Crippen LogP contribution >= 0.6 is 0 Å². The first-order valence-corrected chi connectivity index (χ1v) is 8.53. The van der Waals surface area contributed by atoms with Gasteiger partial charge in [0.05, 0.1) is 14.2 Å². The van der Waals surface area contributed by atoms with Crippen molar-refractivity contribution in [2.75, 3.05) is 20.8 Å². The van der Waals surface area contributed by atoms with Crippen LogP contribution in [0.5, 0.6) is 11.5 Å². The van der Waals surface area contributed by atoms with Crippen molar-refractivity contribution in [3.8, 4) is 11.5 Å². The normalized spacial score (nSPS) is 22.2. The molecule has 0 bridgehead atoms. The number of methoxy groups -OCH3 is 2. The standard InChI is InChI=1S/C20H23NO5/c1-4-13-21-19(22)26-18(14-5-9-16(24-2)10-6-14)20(21,23)15-7-11-17(25-3)12-8-15/h5-12,18,23H,4,13H2,1-3H3/t18-,20-/m1/s1. The van der Waals surface area contributed by atoms with Crippen molar-refractivity contribution in [1.29, 1.82) is 0 Å². The summed E-state index contributed by atoms with van der Waals surface area (Å²) in [5.41, 5.74) is -0.344. The molecule has 0 spiro atoms. The van der Waals surface area contributed by atoms with Crippen molar-refractivity contribution in [2.24, 2.45) is 0 Å². The van der Waals surface area contributed by atoms with Crippen LogP contribution in [0.1, 0.15) is 30.6 Å². The van der Waals surface area contributed by atoms with Gasteiger partial charge in [0.15, 0.2) is 6.10 Å². The predicted octanol–water partition coefficient (Wildman–Crippen LogP) is 3.45. The second kappa shape index (κ2) is 7.25. The highest BCUT2D eigenvalue weighted by atomic mass is 16.6. The minimum atomic E-state index is -1.60. The number of nitrogens with zero attached hydrogens (tertiary/aromatic N) is 1. The van der Waals surface area contributed by atoms with E-state index in [1.807, 2.05) is 6.92 Å². The van der Waals surface area contributed by atoms with Gasteiger partial charge >= 0.3 is 6.09 Å². The molecular weight excluding hydrogens is 334 g/mol. The maximum absolute atomic E-state index is 12.5. The highest BCUT2D eigenvalue weighted by Gasteiger charge is 2.55. The highest BCUT2D eigenvalue weighted by Crippen LogP contribution is 2.47. The number of amides is 1. The summed E-state index contributed by atoms with van der Waals surface area (Å²) >= 11 is 0. The van der Waals surface area contributed by atoms with Gasteiger partial charge in [0, 0.05) is 12.1 Å². The Balaban J connectivity index is 2.06. The molecule has 1 fully saturated rings. The Morgan fingerprint density at radius 2 is 1.58 bits per heavy atom. The van der Waals surface area contributed by atoms with Crippen LogP contribution in [0.25, 0.3) is 0 Å². The molecule has 6 heteroatoms. The third-order valence-electron chi connectivity index (χ3n) is 4.60. The van der Waals surface area contributed by atoms with E-state index in [0.29, 0.717) is 35.6 Å². The average molecular weight is 357 g/mol. The summed E-state index contributed by atoms with van der Waals surface area (Å²) in [7, 11) is 3.16. The smallest absolute Gasteiger partial charge is 0.413 e. The first-order valence-electron chi connectivity index (χ1n) is 8.53. The maximum Gasteiger partial charge on any atom is 0.413 e. The number of cyclic esters (lactones) is 1. The zero-order valence-electron chi connectivity index (χ0n) is 15.1. The van der Waals surface area contributed by atoms with Crippen molar-refractivity contribution in [2.45, 2.75) is 25.2 Å². The highest BCUT2D eigenvalue weighted by molar-refractivity contribution is 5.72. The van der Waals surface area contributed by atoms with E-state index in [0.717, 1.165) is 0 Å². The molecule has 26 heavy (non-hydrogen) atoms. The fraction of sp³-hybridized carbons (Fsp3) is 0.350. The summed E-state index contributed by atoms with van der Waals surface area (Å²) in [4.78, 5) is 13.9. The number of aliphatic hydroxyl groups is 1. The number of benzene rings is 2. The van der Waals surface area contributed by atoms with Crippen molar-refractivity contribution < 1.29 is 24.1 Å². The van der Waals surface area contributed by atoms with Crippen LogP contribution in [-0.4, -0.2) is 36.9 Å². The molecule has 138 valence electrons. The second-order valence-electron chi connectivity index (χ2n) is 6.14. The molecular formula is C20H23NO5. The van der Waals surface area contributed by atoms with Gasteiger partial charge in [0.25, 0.3) is 0 Å². The summed E-state index contributed by atoms with van der Waals surface area (Å²) < 4.78 is 15.9. The third-order valence-corrected chi connectivity index (χ3v) is 4.60. The summed E-state index contributed by atoms with van der Waals surface area (Å²) in [5.74, 6) is 1.36. The Labute approximate surface area is 152 Å². The summed E-state index contributed by atoms with van der Waals surface area (Å²) in [5, 5.41) is 11.6. The number of carbonyl (C=O) groups is 1. The molecule has 6 nitrogen and oxygen atoms in total. The van der Waals surface area contributed by atoms with Gasteiger partial charge in [-0.15, -0.1) is 0 Å². The molecule has 2 atom stereocenters. The average Bonchev–Trinajstić information content (AvgIpc) is 2.94. The molecule has 2 aromatic carbocycles. The molecule has 0 saturated carbocycles. The van der Waals surface area contributed by atoms with Gasteiger partial charge in [-0.05, 0) is 36.2 Å². The van der Waals surface area contributed by atoms with E-state index in [1.54, 1.807) is 62.8 Å². The third kappa shape index (κ3) is 2.97. The van der Waals surface area contributed by atoms with Gasteiger partial charge in [0.2, 0.25) is 5.72 Å². The van der Waals surface area contributed by atoms with Crippen LogP contribution in [0.15, 0.2) is 48.5 Å². The molecule has 1 heterocycles. The number of rotatable bonds is 6. The number of hydrogen-bond acceptors (Lipinski definition) is 5. The van der Waals surface area contributed by atoms with Gasteiger partial charge in [0.1, 0.15) is 11.5 Å². The fourth-order valence-corrected chi connectivity index (χ4v) is 3.24. The Kier molecular flexibility index (Phi) is 5.04. The molecule has 3 rings (SSSR count). The van der Waals surface area contributed by atoms with E-state index in [2.05, 4.69) is 0 Å². The topological polar surface area (TPSA) is 68.2 Å². The molecule has 1 aliphatic heterocycles. The lowest BCUT2D eigenvalue weighted by atomic mass is 9.91. The Morgan fingerprint density at radius 3 is 2.08 bits per heavy atom. The van der Waals surface area contributed by atoms with E-state index in [4.69, 9.17) is 14.2 Å². The molecule has 0 aromatic heterocycles. The van der Waals surface area contributed by atoms with Crippen LogP contribution in [0.2, 0.25) is 0 Å². The maximum atomic E-state index is 12.5. The van der Waals surface area contributed by atoms with E-state index >= 15 is 0 Å². The van der Waals surface area contributed by atoms with Crippen molar-refractivity contribution >= 4 is 6.09 Å². The van der Waals surface area contributed by atoms with Gasteiger partial charge in [-0.2, -0.15) is 0 Å². The number of ether oxygens (including phenoxy) is 3. The van der Waals surface area contributed by atoms with Gasteiger partial charge in [-0.3, -0.25) is 4.90 Å². The molecule has 0 aliphatic carbocycles. The summed E-state index contributed by atoms with van der Waals surface area (Å²) in [6.45, 7) is 2.33. The molecule has 1 saturated heterocycles. The minimum absolute atomic E-state index is 0.383. The second-order valence-corrected chi connectivity index (χ2v) is 6.14. The fourth-order valence-electron chi connectivity index (χ4n) is 3.24. The first-order chi connectivity index (χ1) is 12.5. The number of hydrogen-bond donors (Lipinski definition) is 1. The van der Waals surface area contributed by atoms with Crippen LogP contribution in [-0.2, 0) is 10.5 Å². The largest absolute Gasteiger partial charge is 0.497 e. The van der Waals surface area contributed by atoms with Crippen LogP contribution < -0.4 is 9.47 Å². The molecule has 1 aliphatic rings. The van der Waals surface area contributed by atoms with E-state index in [-0.39, 0.29) is 0 Å². The Morgan fingerprint density at radius 1 is 1.04 bits per heavy atom. The molecule has 1 amide bonds. The van der Waals surface area contributed by atoms with Crippen molar-refractivity contribution in [3.05, 3.63) is 59.7 Å².